The van der Waals surface area contributed by atoms with E-state index in [0.717, 1.165) is 46.4 Å². The minimum Gasteiger partial charge on any atom is -0.478 e. The number of hydrogen-bond donors (Lipinski definition) is 2. The minimum atomic E-state index is -0.934. The molecule has 1 aromatic carbocycles. The molecule has 4 aromatic rings. The second-order valence-corrected chi connectivity index (χ2v) is 6.50. The maximum atomic E-state index is 11.3. The number of aromatic carboxylic acids is 1. The average molecular weight is 349 g/mol. The third-order valence-corrected chi connectivity index (χ3v) is 4.39. The van der Waals surface area contributed by atoms with Crippen LogP contribution in [0.2, 0.25) is 0 Å². The second kappa shape index (κ2) is 6.27. The van der Waals surface area contributed by atoms with Gasteiger partial charge < -0.3 is 19.7 Å². The van der Waals surface area contributed by atoms with Gasteiger partial charge in [-0.15, -0.1) is 0 Å². The molecule has 0 fully saturated rings. The molecule has 0 aliphatic carbocycles. The zero-order chi connectivity index (χ0) is 18.3. The number of anilines is 1. The molecular weight excluding hydrogens is 330 g/mol. The highest BCUT2D eigenvalue weighted by atomic mass is 16.4. The molecule has 0 bridgehead atoms. The predicted molar refractivity (Wildman–Crippen MR) is 102 cm³/mol. The quantitative estimate of drug-likeness (QED) is 0.576. The van der Waals surface area contributed by atoms with Gasteiger partial charge in [-0.2, -0.15) is 0 Å². The van der Waals surface area contributed by atoms with Gasteiger partial charge in [-0.05, 0) is 44.4 Å². The van der Waals surface area contributed by atoms with Crippen molar-refractivity contribution in [3.05, 3.63) is 48.3 Å². The number of nitrogens with one attached hydrogen (secondary N) is 1. The fourth-order valence-electron chi connectivity index (χ4n) is 3.13. The number of fused-ring (bicyclic) bond motifs is 5. The normalized spacial score (nSPS) is 11.7. The lowest BCUT2D eigenvalue weighted by atomic mass is 10.1. The summed E-state index contributed by atoms with van der Waals surface area (Å²) in [4.78, 5) is 22.4. The second-order valence-electron chi connectivity index (χ2n) is 6.50. The number of carboxylic acid groups (broad SMARTS) is 1. The van der Waals surface area contributed by atoms with Crippen molar-refractivity contribution in [2.45, 2.75) is 0 Å². The molecule has 7 nitrogen and oxygen atoms in total. The van der Waals surface area contributed by atoms with E-state index in [-0.39, 0.29) is 5.56 Å². The predicted octanol–water partition coefficient (Wildman–Crippen LogP) is 2.71. The Hall–Kier alpha value is -3.19. The summed E-state index contributed by atoms with van der Waals surface area (Å²) in [6.45, 7) is 1.64. The average Bonchev–Trinajstić information content (AvgIpc) is 3.00. The Morgan fingerprint density at radius 1 is 1.19 bits per heavy atom. The van der Waals surface area contributed by atoms with Gasteiger partial charge in [0.25, 0.3) is 0 Å². The maximum Gasteiger partial charge on any atom is 0.335 e. The van der Waals surface area contributed by atoms with Gasteiger partial charge in [0, 0.05) is 24.7 Å². The topological polar surface area (TPSA) is 82.8 Å². The molecule has 2 N–H and O–H groups in total. The third-order valence-electron chi connectivity index (χ3n) is 4.39. The first-order valence-electron chi connectivity index (χ1n) is 8.35. The molecule has 0 saturated carbocycles. The largest absolute Gasteiger partial charge is 0.478 e. The minimum absolute atomic E-state index is 0.269. The summed E-state index contributed by atoms with van der Waals surface area (Å²) in [7, 11) is 4.05. The Labute approximate surface area is 149 Å². The van der Waals surface area contributed by atoms with Crippen LogP contribution in [0.4, 0.5) is 5.82 Å². The van der Waals surface area contributed by atoms with E-state index in [4.69, 9.17) is 4.98 Å². The number of rotatable bonds is 5. The number of benzene rings is 1. The van der Waals surface area contributed by atoms with Gasteiger partial charge in [0.15, 0.2) is 5.82 Å². The molecule has 0 atom stereocenters. The first kappa shape index (κ1) is 16.3. The first-order valence-corrected chi connectivity index (χ1v) is 8.35. The molecule has 4 rings (SSSR count). The molecule has 7 heteroatoms. The van der Waals surface area contributed by atoms with Crippen molar-refractivity contribution in [2.24, 2.45) is 0 Å². The van der Waals surface area contributed by atoms with Crippen LogP contribution in [-0.4, -0.2) is 57.5 Å². The fraction of sp³-hybridized carbons (Fsp3) is 0.211. The molecule has 0 aliphatic rings. The van der Waals surface area contributed by atoms with Crippen LogP contribution in [0.5, 0.6) is 0 Å². The van der Waals surface area contributed by atoms with Crippen molar-refractivity contribution in [1.29, 1.82) is 0 Å². The standard InChI is InChI=1S/C19H19N5O2/c1-23(2)8-7-21-18-16-10-13-9-12(19(25)26)3-4-15(13)24(16)17-11-20-6-5-14(17)22-18/h3-6,9-11H,7-8H2,1-2H3,(H,21,22)(H,25,26). The van der Waals surface area contributed by atoms with Crippen LogP contribution in [0.3, 0.4) is 0 Å². The van der Waals surface area contributed by atoms with E-state index in [2.05, 4.69) is 19.6 Å². The van der Waals surface area contributed by atoms with E-state index < -0.39 is 5.97 Å². The number of likely N-dealkylation sites (N-methyl/N-ethyl adjacent to an activating group) is 1. The highest BCUT2D eigenvalue weighted by molar-refractivity contribution is 6.00. The highest BCUT2D eigenvalue weighted by Gasteiger charge is 2.14. The summed E-state index contributed by atoms with van der Waals surface area (Å²) in [6.07, 6.45) is 3.50. The zero-order valence-electron chi connectivity index (χ0n) is 14.6. The van der Waals surface area contributed by atoms with Crippen molar-refractivity contribution < 1.29 is 9.90 Å². The fourth-order valence-corrected chi connectivity index (χ4v) is 3.13. The Kier molecular flexibility index (Phi) is 3.93. The molecule has 3 heterocycles. The molecule has 3 aromatic heterocycles. The van der Waals surface area contributed by atoms with Gasteiger partial charge >= 0.3 is 5.97 Å². The Bertz CT molecular complexity index is 1130. The van der Waals surface area contributed by atoms with Gasteiger partial charge in [-0.3, -0.25) is 4.98 Å². The van der Waals surface area contributed by atoms with Crippen LogP contribution in [-0.2, 0) is 0 Å². The molecule has 0 spiro atoms. The van der Waals surface area contributed by atoms with Gasteiger partial charge in [-0.1, -0.05) is 0 Å². The number of carbonyl (C=O) groups is 1. The van der Waals surface area contributed by atoms with Crippen molar-refractivity contribution in [3.8, 4) is 0 Å². The summed E-state index contributed by atoms with van der Waals surface area (Å²) in [5, 5.41) is 13.5. The number of aromatic nitrogens is 3. The summed E-state index contributed by atoms with van der Waals surface area (Å²) >= 11 is 0. The van der Waals surface area contributed by atoms with Crippen molar-refractivity contribution >= 4 is 39.2 Å². The van der Waals surface area contributed by atoms with Crippen molar-refractivity contribution in [1.82, 2.24) is 19.3 Å². The summed E-state index contributed by atoms with van der Waals surface area (Å²) in [5.41, 5.74) is 3.83. The van der Waals surface area contributed by atoms with Crippen LogP contribution < -0.4 is 5.32 Å². The molecule has 0 unspecified atom stereocenters. The molecule has 0 aliphatic heterocycles. The van der Waals surface area contributed by atoms with E-state index in [1.165, 1.54) is 0 Å². The van der Waals surface area contributed by atoms with Gasteiger partial charge in [-0.25, -0.2) is 9.78 Å². The molecule has 132 valence electrons. The molecule has 0 saturated heterocycles. The van der Waals surface area contributed by atoms with Gasteiger partial charge in [0.05, 0.1) is 33.8 Å². The third kappa shape index (κ3) is 2.72. The molecule has 0 radical (unpaired) electrons. The van der Waals surface area contributed by atoms with E-state index in [0.29, 0.717) is 0 Å². The SMILES string of the molecule is CN(C)CCNc1nc2ccncc2n2c1cc1cc(C(=O)O)ccc12. The van der Waals surface area contributed by atoms with Crippen molar-refractivity contribution in [3.63, 3.8) is 0 Å². The summed E-state index contributed by atoms with van der Waals surface area (Å²) in [5.74, 6) is -0.158. The van der Waals surface area contributed by atoms with E-state index in [1.807, 2.05) is 32.3 Å². The molecular formula is C19H19N5O2. The van der Waals surface area contributed by atoms with Crippen LogP contribution in [0.15, 0.2) is 42.7 Å². The first-order chi connectivity index (χ1) is 12.5. The van der Waals surface area contributed by atoms with Gasteiger partial charge in [0.2, 0.25) is 0 Å². The van der Waals surface area contributed by atoms with E-state index >= 15 is 0 Å². The van der Waals surface area contributed by atoms with Crippen LogP contribution in [0.1, 0.15) is 10.4 Å². The molecule has 26 heavy (non-hydrogen) atoms. The highest BCUT2D eigenvalue weighted by Crippen LogP contribution is 2.29. The number of pyridine rings is 1. The van der Waals surface area contributed by atoms with E-state index in [9.17, 15) is 9.90 Å². The lowest BCUT2D eigenvalue weighted by Gasteiger charge is -2.13. The number of hydrogen-bond acceptors (Lipinski definition) is 5. The number of carboxylic acids is 1. The Morgan fingerprint density at radius 2 is 2.04 bits per heavy atom. The Morgan fingerprint density at radius 3 is 2.81 bits per heavy atom. The van der Waals surface area contributed by atoms with Crippen LogP contribution in [0.25, 0.3) is 27.5 Å². The number of nitrogens with zero attached hydrogens (tertiary/aromatic N) is 4. The lowest BCUT2D eigenvalue weighted by Crippen LogP contribution is -2.21. The Balaban J connectivity index is 1.97. The maximum absolute atomic E-state index is 11.3. The molecule has 0 amide bonds. The zero-order valence-corrected chi connectivity index (χ0v) is 14.6. The van der Waals surface area contributed by atoms with Gasteiger partial charge in [0.1, 0.15) is 0 Å². The summed E-state index contributed by atoms with van der Waals surface area (Å²) < 4.78 is 2.08. The van der Waals surface area contributed by atoms with Crippen LogP contribution in [0, 0.1) is 0 Å². The summed E-state index contributed by atoms with van der Waals surface area (Å²) in [6, 6.07) is 9.00. The monoisotopic (exact) mass is 349 g/mol. The lowest BCUT2D eigenvalue weighted by molar-refractivity contribution is 0.0697. The van der Waals surface area contributed by atoms with Crippen LogP contribution >= 0.6 is 0 Å². The van der Waals surface area contributed by atoms with Crippen molar-refractivity contribution in [2.75, 3.05) is 32.5 Å². The van der Waals surface area contributed by atoms with E-state index in [1.54, 1.807) is 24.5 Å². The smallest absolute Gasteiger partial charge is 0.335 e.